The van der Waals surface area contributed by atoms with E-state index in [1.165, 1.54) is 0 Å². The van der Waals surface area contributed by atoms with E-state index in [2.05, 4.69) is 0 Å². The van der Waals surface area contributed by atoms with E-state index < -0.39 is 101 Å². The zero-order valence-corrected chi connectivity index (χ0v) is 23.7. The highest BCUT2D eigenvalue weighted by Gasteiger charge is 2.73. The second-order valence-electron chi connectivity index (χ2n) is 10.7. The number of benzene rings is 2. The molecule has 0 spiro atoms. The number of hydrogen-bond donors (Lipinski definition) is 1. The van der Waals surface area contributed by atoms with Gasteiger partial charge in [0, 0.05) is 18.7 Å². The largest absolute Gasteiger partial charge is 0.435 e. The van der Waals surface area contributed by atoms with Gasteiger partial charge in [-0.25, -0.2) is 25.6 Å². The van der Waals surface area contributed by atoms with Crippen LogP contribution in [0.1, 0.15) is 30.4 Å². The Balaban J connectivity index is 1.81. The molecule has 43 heavy (non-hydrogen) atoms. The highest BCUT2D eigenvalue weighted by atomic mass is 32.2. The van der Waals surface area contributed by atoms with Crippen LogP contribution in [0.5, 0.6) is 0 Å². The molecule has 2 aromatic carbocycles. The lowest BCUT2D eigenvalue weighted by Crippen LogP contribution is -2.51. The Kier molecular flexibility index (Phi) is 8.22. The Bertz CT molecular complexity index is 1560. The van der Waals surface area contributed by atoms with Gasteiger partial charge in [0.1, 0.15) is 20.4 Å². The highest BCUT2D eigenvalue weighted by molar-refractivity contribution is 7.92. The van der Waals surface area contributed by atoms with Gasteiger partial charge in [-0.3, -0.25) is 4.79 Å². The Hall–Kier alpha value is -2.79. The predicted molar refractivity (Wildman–Crippen MR) is 135 cm³/mol. The molecule has 238 valence electrons. The molecular weight excluding hydrogens is 638 g/mol. The van der Waals surface area contributed by atoms with Gasteiger partial charge in [-0.05, 0) is 49.1 Å². The van der Waals surface area contributed by atoms with Crippen LogP contribution in [0.4, 0.5) is 35.1 Å². The van der Waals surface area contributed by atoms with Crippen LogP contribution >= 0.6 is 0 Å². The van der Waals surface area contributed by atoms with Gasteiger partial charge in [0.25, 0.3) is 0 Å². The van der Waals surface area contributed by atoms with E-state index in [9.17, 15) is 61.9 Å². The molecule has 7 nitrogen and oxygen atoms in total. The molecule has 1 N–H and O–H groups in total. The molecule has 1 amide bonds. The second kappa shape index (κ2) is 10.7. The molecule has 2 fully saturated rings. The number of carbonyl (C=O) groups is 1. The molecule has 2 aliphatic heterocycles. The average molecular weight is 664 g/mol. The summed E-state index contributed by atoms with van der Waals surface area (Å²) in [6.07, 6.45) is -13.8. The molecule has 17 heteroatoms. The van der Waals surface area contributed by atoms with Crippen molar-refractivity contribution in [2.75, 3.05) is 31.2 Å². The highest BCUT2D eigenvalue weighted by Crippen LogP contribution is 2.54. The van der Waals surface area contributed by atoms with Crippen LogP contribution in [-0.4, -0.2) is 76.3 Å². The van der Waals surface area contributed by atoms with Gasteiger partial charge < -0.3 is 10.0 Å². The fourth-order valence-corrected chi connectivity index (χ4v) is 9.29. The number of sulfone groups is 2. The number of nitrogens with zero attached hydrogens (tertiary/aromatic N) is 1. The van der Waals surface area contributed by atoms with Crippen LogP contribution in [-0.2, 0) is 34.9 Å². The van der Waals surface area contributed by atoms with Crippen LogP contribution in [0, 0.1) is 11.2 Å². The minimum atomic E-state index is -6.41. The molecule has 0 bridgehead atoms. The van der Waals surface area contributed by atoms with Crippen LogP contribution in [0.2, 0.25) is 0 Å². The second-order valence-corrected chi connectivity index (χ2v) is 15.3. The molecular formula is C26H25F8NO6S2. The van der Waals surface area contributed by atoms with Gasteiger partial charge in [-0.2, -0.15) is 26.3 Å². The molecule has 0 aromatic heterocycles. The molecule has 2 heterocycles. The maximum atomic E-state index is 14.7. The van der Waals surface area contributed by atoms with Crippen LogP contribution in [0.25, 0.3) is 0 Å². The molecule has 2 saturated heterocycles. The third-order valence-corrected chi connectivity index (χ3v) is 12.4. The smallest absolute Gasteiger partial charge is 0.395 e. The Labute approximate surface area is 241 Å². The minimum Gasteiger partial charge on any atom is -0.395 e. The van der Waals surface area contributed by atoms with E-state index in [1.54, 1.807) is 0 Å². The van der Waals surface area contributed by atoms with Crippen LogP contribution in [0.3, 0.4) is 0 Å². The van der Waals surface area contributed by atoms with E-state index in [0.29, 0.717) is 12.1 Å². The predicted octanol–water partition coefficient (Wildman–Crippen LogP) is 4.20. The lowest BCUT2D eigenvalue weighted by molar-refractivity contribution is -0.348. The van der Waals surface area contributed by atoms with Crippen molar-refractivity contribution in [1.82, 2.24) is 4.90 Å². The first-order chi connectivity index (χ1) is 19.7. The third-order valence-electron chi connectivity index (χ3n) is 8.29. The lowest BCUT2D eigenvalue weighted by atomic mass is 9.81. The Morgan fingerprint density at radius 1 is 0.860 bits per heavy atom. The summed E-state index contributed by atoms with van der Waals surface area (Å²) in [5.74, 6) is -2.43. The zero-order valence-electron chi connectivity index (χ0n) is 22.1. The van der Waals surface area contributed by atoms with Gasteiger partial charge >= 0.3 is 18.0 Å². The topological polar surface area (TPSA) is 109 Å². The van der Waals surface area contributed by atoms with Crippen molar-refractivity contribution in [3.05, 3.63) is 65.5 Å². The first kappa shape index (κ1) is 33.1. The van der Waals surface area contributed by atoms with Crippen molar-refractivity contribution in [3.8, 4) is 0 Å². The summed E-state index contributed by atoms with van der Waals surface area (Å²) < 4.78 is 158. The maximum Gasteiger partial charge on any atom is 0.435 e. The van der Waals surface area contributed by atoms with Crippen molar-refractivity contribution in [2.45, 2.75) is 46.9 Å². The number of hydrogen-bond acceptors (Lipinski definition) is 6. The van der Waals surface area contributed by atoms with Crippen molar-refractivity contribution >= 4 is 25.6 Å². The number of aliphatic hydroxyl groups excluding tert-OH is 1. The first-order valence-corrected chi connectivity index (χ1v) is 16.0. The molecule has 4 rings (SSSR count). The summed E-state index contributed by atoms with van der Waals surface area (Å²) >= 11 is 0. The monoisotopic (exact) mass is 663 g/mol. The normalized spacial score (nSPS) is 22.9. The van der Waals surface area contributed by atoms with E-state index in [1.807, 2.05) is 0 Å². The Morgan fingerprint density at radius 2 is 1.37 bits per heavy atom. The fraction of sp³-hybridized carbons (Fsp3) is 0.500. The fourth-order valence-electron chi connectivity index (χ4n) is 5.60. The summed E-state index contributed by atoms with van der Waals surface area (Å²) in [5.41, 5.74) is -9.56. The zero-order chi connectivity index (χ0) is 32.3. The molecule has 0 saturated carbocycles. The SMILES string of the molecule is O=C(N1CC[C@](c2ccc(C(F)(C(F)(F)F)C(F)(F)F)cc2)(S(=O)(=O)c2ccc(F)cc2)C1)C1(CO)CCS(=O)(=O)CC1. The molecule has 2 aliphatic rings. The molecule has 0 radical (unpaired) electrons. The minimum absolute atomic E-state index is 0.171. The summed E-state index contributed by atoms with van der Waals surface area (Å²) in [5, 5.41) is 10.1. The quantitative estimate of drug-likeness (QED) is 0.367. The van der Waals surface area contributed by atoms with Gasteiger partial charge in [0.05, 0.1) is 28.4 Å². The number of rotatable bonds is 6. The summed E-state index contributed by atoms with van der Waals surface area (Å²) in [4.78, 5) is 14.2. The number of alkyl halides is 7. The number of likely N-dealkylation sites (tertiary alicyclic amines) is 1. The van der Waals surface area contributed by atoms with Crippen molar-refractivity contribution < 1.29 is 61.9 Å². The third kappa shape index (κ3) is 5.41. The standard InChI is InChI=1S/C26H25F8NO6S2/c27-19-5-7-20(8-6-19)43(40,41)23(17-1-3-18(4-2-17)24(28,25(29,30)31)26(32,33)34)9-12-35(15-23)21(37)22(16-36)10-13-42(38,39)14-11-22/h1-8,36H,9-16H2/t23-/m0/s1. The van der Waals surface area contributed by atoms with Gasteiger partial charge in [0.2, 0.25) is 5.91 Å². The molecule has 1 atom stereocenters. The number of halogens is 8. The number of aliphatic hydroxyl groups is 1. The Morgan fingerprint density at radius 3 is 1.84 bits per heavy atom. The first-order valence-electron chi connectivity index (χ1n) is 12.7. The van der Waals surface area contributed by atoms with E-state index in [-0.39, 0.29) is 37.1 Å². The van der Waals surface area contributed by atoms with Crippen molar-refractivity contribution in [3.63, 3.8) is 0 Å². The van der Waals surface area contributed by atoms with Gasteiger partial charge in [-0.15, -0.1) is 0 Å². The maximum absolute atomic E-state index is 14.7. The summed E-state index contributed by atoms with van der Waals surface area (Å²) in [6, 6.07) is 4.97. The molecule has 2 aromatic rings. The number of carbonyl (C=O) groups excluding carboxylic acids is 1. The van der Waals surface area contributed by atoms with Crippen LogP contribution in [0.15, 0.2) is 53.4 Å². The van der Waals surface area contributed by atoms with Crippen LogP contribution < -0.4 is 0 Å². The summed E-state index contributed by atoms with van der Waals surface area (Å²) in [7, 11) is -8.16. The lowest BCUT2D eigenvalue weighted by Gasteiger charge is -2.38. The van der Waals surface area contributed by atoms with Crippen molar-refractivity contribution in [1.29, 1.82) is 0 Å². The summed E-state index contributed by atoms with van der Waals surface area (Å²) in [6.45, 7) is -1.77. The van der Waals surface area contributed by atoms with E-state index in [0.717, 1.165) is 29.2 Å². The van der Waals surface area contributed by atoms with E-state index in [4.69, 9.17) is 0 Å². The average Bonchev–Trinajstić information content (AvgIpc) is 3.39. The molecule has 0 unspecified atom stereocenters. The van der Waals surface area contributed by atoms with Crippen molar-refractivity contribution in [2.24, 2.45) is 5.41 Å². The number of amides is 1. The molecule has 0 aliphatic carbocycles. The van der Waals surface area contributed by atoms with Gasteiger partial charge in [-0.1, -0.05) is 24.3 Å². The van der Waals surface area contributed by atoms with Gasteiger partial charge in [0.15, 0.2) is 9.84 Å². The van der Waals surface area contributed by atoms with E-state index >= 15 is 0 Å².